The summed E-state index contributed by atoms with van der Waals surface area (Å²) in [5.41, 5.74) is 0. The van der Waals surface area contributed by atoms with Gasteiger partial charge in [0, 0.05) is 6.42 Å². The second kappa shape index (κ2) is 9.71. The van der Waals surface area contributed by atoms with E-state index in [9.17, 15) is 9.59 Å². The zero-order chi connectivity index (χ0) is 14.8. The van der Waals surface area contributed by atoms with Gasteiger partial charge in [-0.15, -0.1) is 0 Å². The van der Waals surface area contributed by atoms with Gasteiger partial charge in [-0.25, -0.2) is 0 Å². The molecule has 0 aromatic rings. The summed E-state index contributed by atoms with van der Waals surface area (Å²) in [6, 6.07) is 0. The Hall–Kier alpha value is -1.18. The maximum absolute atomic E-state index is 11.0. The molecule has 4 N–H and O–H groups in total. The molecule has 0 radical (unpaired) electrons. The monoisotopic (exact) mass is 278 g/mol. The van der Waals surface area contributed by atoms with Crippen LogP contribution in [-0.4, -0.2) is 57.8 Å². The summed E-state index contributed by atoms with van der Waals surface area (Å²) < 4.78 is 5.18. The second-order valence-electron chi connectivity index (χ2n) is 4.54. The van der Waals surface area contributed by atoms with E-state index in [1.54, 1.807) is 0 Å². The molecule has 0 bridgehead atoms. The van der Waals surface area contributed by atoms with E-state index < -0.39 is 30.1 Å². The second-order valence-corrected chi connectivity index (χ2v) is 4.54. The van der Waals surface area contributed by atoms with Crippen LogP contribution in [0, 0.1) is 5.92 Å². The number of carbonyl (C=O) groups is 2. The van der Waals surface area contributed by atoms with Crippen molar-refractivity contribution in [3.05, 3.63) is 0 Å². The Balaban J connectivity index is 4.21. The number of aliphatic hydroxyl groups excluding tert-OH is 2. The molecule has 19 heavy (non-hydrogen) atoms. The Morgan fingerprint density at radius 2 is 1.89 bits per heavy atom. The van der Waals surface area contributed by atoms with Gasteiger partial charge in [-0.05, 0) is 26.2 Å². The molecule has 0 amide bonds. The van der Waals surface area contributed by atoms with E-state index in [2.05, 4.69) is 0 Å². The SMILES string of the molecule is CC(O)COC(CO)CC(CCCC(=O)O)C(=O)O. The highest BCUT2D eigenvalue weighted by Crippen LogP contribution is 2.17. The molecule has 0 fully saturated rings. The lowest BCUT2D eigenvalue weighted by Gasteiger charge is -2.20. The van der Waals surface area contributed by atoms with Gasteiger partial charge >= 0.3 is 11.9 Å². The minimum atomic E-state index is -1.04. The van der Waals surface area contributed by atoms with Crippen LogP contribution in [0.25, 0.3) is 0 Å². The van der Waals surface area contributed by atoms with Gasteiger partial charge in [-0.2, -0.15) is 0 Å². The molecular weight excluding hydrogens is 256 g/mol. The van der Waals surface area contributed by atoms with E-state index >= 15 is 0 Å². The van der Waals surface area contributed by atoms with E-state index in [4.69, 9.17) is 25.2 Å². The van der Waals surface area contributed by atoms with Crippen molar-refractivity contribution in [2.45, 2.75) is 44.8 Å². The molecule has 112 valence electrons. The zero-order valence-corrected chi connectivity index (χ0v) is 11.0. The molecule has 0 aromatic heterocycles. The van der Waals surface area contributed by atoms with Crippen molar-refractivity contribution in [2.75, 3.05) is 13.2 Å². The number of rotatable bonds is 11. The summed E-state index contributed by atoms with van der Waals surface area (Å²) in [7, 11) is 0. The summed E-state index contributed by atoms with van der Waals surface area (Å²) >= 11 is 0. The molecular formula is C12H22O7. The number of hydrogen-bond acceptors (Lipinski definition) is 5. The highest BCUT2D eigenvalue weighted by atomic mass is 16.5. The minimum Gasteiger partial charge on any atom is -0.481 e. The van der Waals surface area contributed by atoms with Crippen LogP contribution in [0.5, 0.6) is 0 Å². The van der Waals surface area contributed by atoms with Crippen molar-refractivity contribution in [1.82, 2.24) is 0 Å². The smallest absolute Gasteiger partial charge is 0.306 e. The zero-order valence-electron chi connectivity index (χ0n) is 11.0. The maximum atomic E-state index is 11.0. The first-order chi connectivity index (χ1) is 8.86. The molecule has 0 rings (SSSR count). The Labute approximate surface area is 111 Å². The first kappa shape index (κ1) is 17.8. The normalized spacial score (nSPS) is 15.7. The van der Waals surface area contributed by atoms with Gasteiger partial charge < -0.3 is 25.2 Å². The summed E-state index contributed by atoms with van der Waals surface area (Å²) in [6.07, 6.45) is -0.859. The predicted molar refractivity (Wildman–Crippen MR) is 65.7 cm³/mol. The van der Waals surface area contributed by atoms with Gasteiger partial charge in [0.05, 0.1) is 31.3 Å². The number of hydrogen-bond donors (Lipinski definition) is 4. The highest BCUT2D eigenvalue weighted by molar-refractivity contribution is 5.70. The third-order valence-corrected chi connectivity index (χ3v) is 2.62. The number of carboxylic acids is 2. The van der Waals surface area contributed by atoms with Crippen LogP contribution in [0.3, 0.4) is 0 Å². The number of aliphatic hydroxyl groups is 2. The third-order valence-electron chi connectivity index (χ3n) is 2.62. The molecule has 0 saturated carbocycles. The predicted octanol–water partition coefficient (Wildman–Crippen LogP) is 0.0905. The Bertz CT molecular complexity index is 277. The number of ether oxygens (including phenoxy) is 1. The van der Waals surface area contributed by atoms with E-state index in [0.29, 0.717) is 0 Å². The molecule has 7 nitrogen and oxygen atoms in total. The molecule has 0 aliphatic rings. The van der Waals surface area contributed by atoms with Crippen LogP contribution >= 0.6 is 0 Å². The summed E-state index contributed by atoms with van der Waals surface area (Å²) in [5.74, 6) is -2.76. The fourth-order valence-corrected chi connectivity index (χ4v) is 1.63. The first-order valence-corrected chi connectivity index (χ1v) is 6.22. The van der Waals surface area contributed by atoms with Gasteiger partial charge in [-0.3, -0.25) is 9.59 Å². The quantitative estimate of drug-likeness (QED) is 0.422. The largest absolute Gasteiger partial charge is 0.481 e. The van der Waals surface area contributed by atoms with Crippen molar-refractivity contribution in [3.8, 4) is 0 Å². The molecule has 0 aromatic carbocycles. The summed E-state index contributed by atoms with van der Waals surface area (Å²) in [5, 5.41) is 35.7. The third kappa shape index (κ3) is 9.40. The van der Waals surface area contributed by atoms with Gasteiger partial charge in [0.25, 0.3) is 0 Å². The molecule has 0 heterocycles. The fraction of sp³-hybridized carbons (Fsp3) is 0.833. The molecule has 0 aliphatic heterocycles. The number of carboxylic acid groups (broad SMARTS) is 2. The molecule has 3 unspecified atom stereocenters. The molecule has 0 saturated heterocycles. The minimum absolute atomic E-state index is 0.0205. The van der Waals surface area contributed by atoms with Crippen molar-refractivity contribution in [3.63, 3.8) is 0 Å². The van der Waals surface area contributed by atoms with Crippen molar-refractivity contribution >= 4 is 11.9 Å². The van der Waals surface area contributed by atoms with Gasteiger partial charge in [0.15, 0.2) is 0 Å². The Morgan fingerprint density at radius 3 is 2.32 bits per heavy atom. The molecule has 3 atom stereocenters. The van der Waals surface area contributed by atoms with E-state index in [1.807, 2.05) is 0 Å². The van der Waals surface area contributed by atoms with Crippen molar-refractivity contribution < 1.29 is 34.8 Å². The topological polar surface area (TPSA) is 124 Å². The number of aliphatic carboxylic acids is 2. The van der Waals surface area contributed by atoms with Crippen LogP contribution in [0.1, 0.15) is 32.6 Å². The average molecular weight is 278 g/mol. The van der Waals surface area contributed by atoms with Crippen LogP contribution in [-0.2, 0) is 14.3 Å². The highest BCUT2D eigenvalue weighted by Gasteiger charge is 2.23. The standard InChI is InChI=1S/C12H22O7/c1-8(14)7-19-10(6-13)5-9(12(17)18)3-2-4-11(15)16/h8-10,13-14H,2-7H2,1H3,(H,15,16)(H,17,18). The lowest BCUT2D eigenvalue weighted by Crippen LogP contribution is -2.28. The van der Waals surface area contributed by atoms with Crippen LogP contribution in [0.15, 0.2) is 0 Å². The lowest BCUT2D eigenvalue weighted by atomic mass is 9.95. The summed E-state index contributed by atoms with van der Waals surface area (Å²) in [4.78, 5) is 21.4. The van der Waals surface area contributed by atoms with E-state index in [1.165, 1.54) is 6.92 Å². The lowest BCUT2D eigenvalue weighted by molar-refractivity contribution is -0.145. The fourth-order valence-electron chi connectivity index (χ4n) is 1.63. The van der Waals surface area contributed by atoms with Gasteiger partial charge in [-0.1, -0.05) is 0 Å². The Kier molecular flexibility index (Phi) is 9.11. The molecule has 0 aliphatic carbocycles. The van der Waals surface area contributed by atoms with Gasteiger partial charge in [0.1, 0.15) is 0 Å². The van der Waals surface area contributed by atoms with Crippen LogP contribution < -0.4 is 0 Å². The summed E-state index contributed by atoms with van der Waals surface area (Å²) in [6.45, 7) is 1.21. The van der Waals surface area contributed by atoms with E-state index in [0.717, 1.165) is 0 Å². The first-order valence-electron chi connectivity index (χ1n) is 6.22. The molecule has 0 spiro atoms. The molecule has 7 heteroatoms. The maximum Gasteiger partial charge on any atom is 0.306 e. The van der Waals surface area contributed by atoms with Crippen LogP contribution in [0.4, 0.5) is 0 Å². The van der Waals surface area contributed by atoms with E-state index in [-0.39, 0.29) is 38.9 Å². The Morgan fingerprint density at radius 1 is 1.26 bits per heavy atom. The van der Waals surface area contributed by atoms with Crippen molar-refractivity contribution in [2.24, 2.45) is 5.92 Å². The van der Waals surface area contributed by atoms with Gasteiger partial charge in [0.2, 0.25) is 0 Å². The van der Waals surface area contributed by atoms with Crippen LogP contribution in [0.2, 0.25) is 0 Å². The van der Waals surface area contributed by atoms with Crippen molar-refractivity contribution in [1.29, 1.82) is 0 Å². The average Bonchev–Trinajstić information content (AvgIpc) is 2.31.